The molecule has 0 bridgehead atoms. The molecule has 0 saturated carbocycles. The highest BCUT2D eigenvalue weighted by atomic mass is 16.5. The van der Waals surface area contributed by atoms with E-state index in [4.69, 9.17) is 9.15 Å². The second-order valence-corrected chi connectivity index (χ2v) is 4.58. The lowest BCUT2D eigenvalue weighted by atomic mass is 10.0. The minimum absolute atomic E-state index is 0.0494. The van der Waals surface area contributed by atoms with Crippen LogP contribution in [0.2, 0.25) is 0 Å². The molecule has 0 saturated heterocycles. The summed E-state index contributed by atoms with van der Waals surface area (Å²) in [5, 5.41) is 0.793. The molecular formula is C16H16O4. The van der Waals surface area contributed by atoms with Crippen molar-refractivity contribution in [1.29, 1.82) is 0 Å². The molecule has 0 amide bonds. The minimum Gasteiger partial charge on any atom is -0.458 e. The van der Waals surface area contributed by atoms with Crippen molar-refractivity contribution < 1.29 is 13.9 Å². The van der Waals surface area contributed by atoms with Crippen molar-refractivity contribution in [2.24, 2.45) is 0 Å². The second kappa shape index (κ2) is 5.74. The number of fused-ring (bicyclic) bond motifs is 1. The number of hydrogen-bond donors (Lipinski definition) is 0. The van der Waals surface area contributed by atoms with Crippen molar-refractivity contribution in [2.45, 2.75) is 27.4 Å². The third kappa shape index (κ3) is 2.79. The van der Waals surface area contributed by atoms with E-state index in [0.717, 1.165) is 16.5 Å². The average molecular weight is 272 g/mol. The molecule has 4 nitrogen and oxygen atoms in total. The minimum atomic E-state index is -0.441. The highest BCUT2D eigenvalue weighted by Gasteiger charge is 2.10. The maximum atomic E-state index is 11.6. The van der Waals surface area contributed by atoms with Crippen molar-refractivity contribution in [3.63, 3.8) is 0 Å². The zero-order chi connectivity index (χ0) is 14.7. The fourth-order valence-electron chi connectivity index (χ4n) is 1.98. The van der Waals surface area contributed by atoms with Crippen LogP contribution in [0.5, 0.6) is 0 Å². The molecule has 0 aliphatic heterocycles. The Hall–Kier alpha value is -2.36. The van der Waals surface area contributed by atoms with Crippen molar-refractivity contribution in [3.8, 4) is 0 Å². The van der Waals surface area contributed by atoms with Crippen LogP contribution in [0, 0.1) is 13.8 Å². The van der Waals surface area contributed by atoms with E-state index in [-0.39, 0.29) is 6.61 Å². The van der Waals surface area contributed by atoms with Crippen LogP contribution < -0.4 is 5.63 Å². The summed E-state index contributed by atoms with van der Waals surface area (Å²) < 4.78 is 10.4. The van der Waals surface area contributed by atoms with E-state index in [9.17, 15) is 9.59 Å². The largest absolute Gasteiger partial charge is 0.458 e. The number of ether oxygens (including phenoxy) is 1. The summed E-state index contributed by atoms with van der Waals surface area (Å²) in [5.74, 6) is -0.433. The molecule has 1 heterocycles. The molecule has 0 atom stereocenters. The van der Waals surface area contributed by atoms with Gasteiger partial charge in [0.25, 0.3) is 0 Å². The molecule has 2 rings (SSSR count). The summed E-state index contributed by atoms with van der Waals surface area (Å²) in [6, 6.07) is 5.19. The number of carbonyl (C=O) groups excluding carboxylic acids is 1. The van der Waals surface area contributed by atoms with E-state index < -0.39 is 11.6 Å². The van der Waals surface area contributed by atoms with Crippen molar-refractivity contribution >= 4 is 16.9 Å². The van der Waals surface area contributed by atoms with Gasteiger partial charge in [-0.25, -0.2) is 9.59 Å². The first-order valence-electron chi connectivity index (χ1n) is 6.35. The number of allylic oxidation sites excluding steroid dienone is 1. The fraction of sp³-hybridized carbons (Fsp3) is 0.250. The van der Waals surface area contributed by atoms with Crippen LogP contribution in [0.3, 0.4) is 0 Å². The summed E-state index contributed by atoms with van der Waals surface area (Å²) in [5.41, 5.74) is 2.72. The Bertz CT molecular complexity index is 738. The van der Waals surface area contributed by atoms with Crippen molar-refractivity contribution in [1.82, 2.24) is 0 Å². The van der Waals surface area contributed by atoms with Crippen LogP contribution in [0.25, 0.3) is 11.0 Å². The molecule has 1 aromatic carbocycles. The van der Waals surface area contributed by atoms with Gasteiger partial charge in [0.15, 0.2) is 0 Å². The monoisotopic (exact) mass is 272 g/mol. The van der Waals surface area contributed by atoms with E-state index in [0.29, 0.717) is 11.1 Å². The Morgan fingerprint density at radius 1 is 1.35 bits per heavy atom. The predicted octanol–water partition coefficient (Wildman–Crippen LogP) is 3.03. The molecule has 0 spiro atoms. The van der Waals surface area contributed by atoms with E-state index in [1.54, 1.807) is 13.0 Å². The SMILES string of the molecule is CC=CC(=O)OCc1cc(=O)oc2c(C)c(C)ccc12. The first-order valence-corrected chi connectivity index (χ1v) is 6.35. The second-order valence-electron chi connectivity index (χ2n) is 4.58. The molecule has 0 radical (unpaired) electrons. The topological polar surface area (TPSA) is 56.5 Å². The Morgan fingerprint density at radius 3 is 2.80 bits per heavy atom. The summed E-state index contributed by atoms with van der Waals surface area (Å²) in [7, 11) is 0. The first-order chi connectivity index (χ1) is 9.52. The van der Waals surface area contributed by atoms with Gasteiger partial charge in [0.2, 0.25) is 0 Å². The third-order valence-corrected chi connectivity index (χ3v) is 3.19. The fourth-order valence-corrected chi connectivity index (χ4v) is 1.98. The summed E-state index contributed by atoms with van der Waals surface area (Å²) >= 11 is 0. The standard InChI is InChI=1S/C16H16O4/c1-4-5-14(17)19-9-12-8-15(18)20-16-11(3)10(2)6-7-13(12)16/h4-8H,9H2,1-3H3. The molecule has 1 aromatic heterocycles. The summed E-state index contributed by atoms with van der Waals surface area (Å²) in [6.07, 6.45) is 2.94. The zero-order valence-corrected chi connectivity index (χ0v) is 11.7. The highest BCUT2D eigenvalue weighted by Crippen LogP contribution is 2.23. The first kappa shape index (κ1) is 14.1. The molecule has 0 aliphatic carbocycles. The van der Waals surface area contributed by atoms with Gasteiger partial charge in [-0.1, -0.05) is 18.2 Å². The quantitative estimate of drug-likeness (QED) is 0.489. The van der Waals surface area contributed by atoms with Gasteiger partial charge < -0.3 is 9.15 Å². The van der Waals surface area contributed by atoms with E-state index in [2.05, 4.69) is 0 Å². The van der Waals surface area contributed by atoms with Gasteiger partial charge in [-0.05, 0) is 31.9 Å². The summed E-state index contributed by atoms with van der Waals surface area (Å²) in [4.78, 5) is 23.0. The average Bonchev–Trinajstić information content (AvgIpc) is 2.41. The van der Waals surface area contributed by atoms with Crippen LogP contribution in [0.1, 0.15) is 23.6 Å². The summed E-state index contributed by atoms with van der Waals surface area (Å²) in [6.45, 7) is 5.64. The van der Waals surface area contributed by atoms with Gasteiger partial charge >= 0.3 is 11.6 Å². The number of hydrogen-bond acceptors (Lipinski definition) is 4. The van der Waals surface area contributed by atoms with Crippen LogP contribution in [-0.2, 0) is 16.1 Å². The molecule has 4 heteroatoms. The third-order valence-electron chi connectivity index (χ3n) is 3.19. The number of benzene rings is 1. The number of carbonyl (C=O) groups is 1. The van der Waals surface area contributed by atoms with Gasteiger partial charge in [0.1, 0.15) is 12.2 Å². The number of aryl methyl sites for hydroxylation is 2. The molecule has 0 aliphatic rings. The smallest absolute Gasteiger partial charge is 0.336 e. The molecule has 0 unspecified atom stereocenters. The van der Waals surface area contributed by atoms with Crippen molar-refractivity contribution in [3.05, 3.63) is 57.5 Å². The van der Waals surface area contributed by atoms with E-state index in [1.807, 2.05) is 26.0 Å². The lowest BCUT2D eigenvalue weighted by Gasteiger charge is -2.08. The van der Waals surface area contributed by atoms with Gasteiger partial charge in [0.05, 0.1) is 0 Å². The Morgan fingerprint density at radius 2 is 2.10 bits per heavy atom. The van der Waals surface area contributed by atoms with Gasteiger partial charge in [0, 0.05) is 23.1 Å². The molecular weight excluding hydrogens is 256 g/mol. The van der Waals surface area contributed by atoms with E-state index in [1.165, 1.54) is 12.1 Å². The van der Waals surface area contributed by atoms with Crippen LogP contribution >= 0.6 is 0 Å². The normalized spacial score (nSPS) is 11.2. The zero-order valence-electron chi connectivity index (χ0n) is 11.7. The Balaban J connectivity index is 2.46. The van der Waals surface area contributed by atoms with Crippen LogP contribution in [0.4, 0.5) is 0 Å². The van der Waals surface area contributed by atoms with Gasteiger partial charge in [-0.15, -0.1) is 0 Å². The maximum Gasteiger partial charge on any atom is 0.336 e. The molecule has 104 valence electrons. The molecule has 20 heavy (non-hydrogen) atoms. The van der Waals surface area contributed by atoms with Crippen LogP contribution in [-0.4, -0.2) is 5.97 Å². The predicted molar refractivity (Wildman–Crippen MR) is 76.6 cm³/mol. The Kier molecular flexibility index (Phi) is 4.03. The van der Waals surface area contributed by atoms with Gasteiger partial charge in [-0.3, -0.25) is 0 Å². The van der Waals surface area contributed by atoms with Crippen LogP contribution in [0.15, 0.2) is 39.6 Å². The number of rotatable bonds is 3. The molecule has 0 N–H and O–H groups in total. The lowest BCUT2D eigenvalue weighted by molar-refractivity contribution is -0.138. The maximum absolute atomic E-state index is 11.6. The Labute approximate surface area is 116 Å². The highest BCUT2D eigenvalue weighted by molar-refractivity contribution is 5.85. The lowest BCUT2D eigenvalue weighted by Crippen LogP contribution is -2.06. The molecule has 2 aromatic rings. The van der Waals surface area contributed by atoms with E-state index >= 15 is 0 Å². The molecule has 0 fully saturated rings. The number of esters is 1. The van der Waals surface area contributed by atoms with Crippen molar-refractivity contribution in [2.75, 3.05) is 0 Å². The van der Waals surface area contributed by atoms with Gasteiger partial charge in [-0.2, -0.15) is 0 Å².